The molecular weight excluding hydrogens is 364 g/mol. The average Bonchev–Trinajstić information content (AvgIpc) is 2.70. The van der Waals surface area contributed by atoms with Gasteiger partial charge in [-0.15, -0.1) is 0 Å². The number of hydrogen-bond donors (Lipinski definition) is 1. The Balaban J connectivity index is 3.40. The van der Waals surface area contributed by atoms with Crippen LogP contribution in [0.2, 0.25) is 0 Å². The minimum Gasteiger partial charge on any atom is -0.756 e. The number of allylic oxidation sites excluding steroid dienone is 2. The molecule has 0 rings (SSSR count). The van der Waals surface area contributed by atoms with E-state index in [1.807, 2.05) is 11.9 Å². The van der Waals surface area contributed by atoms with Gasteiger partial charge in [-0.3, -0.25) is 4.79 Å². The maximum Gasteiger partial charge on any atom is 0.212 e. The van der Waals surface area contributed by atoms with Crippen LogP contribution in [0, 0.1) is 5.21 Å². The number of aliphatic hydroxyl groups is 1. The smallest absolute Gasteiger partial charge is 0.212 e. The van der Waals surface area contributed by atoms with Crippen molar-refractivity contribution in [1.29, 1.82) is 0 Å². The third-order valence-electron chi connectivity index (χ3n) is 5.31. The summed E-state index contributed by atoms with van der Waals surface area (Å²) in [5.74, 6) is -0.285. The number of amides is 1. The first-order valence-corrected chi connectivity index (χ1v) is 12.0. The van der Waals surface area contributed by atoms with Crippen LogP contribution < -0.4 is 0 Å². The van der Waals surface area contributed by atoms with Crippen molar-refractivity contribution >= 4 is 5.91 Å². The second-order valence-corrected chi connectivity index (χ2v) is 8.21. The van der Waals surface area contributed by atoms with Crippen molar-refractivity contribution in [3.8, 4) is 0 Å². The fraction of sp³-hybridized carbons (Fsp3) is 0.875. The maximum absolute atomic E-state index is 11.8. The minimum absolute atomic E-state index is 0.117. The van der Waals surface area contributed by atoms with Gasteiger partial charge >= 0.3 is 0 Å². The van der Waals surface area contributed by atoms with Crippen LogP contribution in [0.5, 0.6) is 0 Å². The number of carbonyl (C=O) groups excluding carboxylic acids is 1. The van der Waals surface area contributed by atoms with Crippen molar-refractivity contribution in [2.75, 3.05) is 33.3 Å². The topological polar surface area (TPSA) is 66.8 Å². The van der Waals surface area contributed by atoms with Gasteiger partial charge in [0.1, 0.15) is 0 Å². The van der Waals surface area contributed by atoms with Crippen molar-refractivity contribution in [2.45, 2.75) is 103 Å². The first-order chi connectivity index (χ1) is 14.1. The van der Waals surface area contributed by atoms with Crippen molar-refractivity contribution in [1.82, 2.24) is 9.96 Å². The van der Waals surface area contributed by atoms with Crippen LogP contribution in [0.25, 0.3) is 0 Å². The Morgan fingerprint density at radius 2 is 1.34 bits per heavy atom. The maximum atomic E-state index is 11.8. The quantitative estimate of drug-likeness (QED) is 0.150. The van der Waals surface area contributed by atoms with E-state index in [1.54, 1.807) is 0 Å². The second kappa shape index (κ2) is 21.8. The molecule has 0 aliphatic carbocycles. The zero-order valence-electron chi connectivity index (χ0n) is 19.2. The Hall–Kier alpha value is -0.910. The van der Waals surface area contributed by atoms with Gasteiger partial charge in [-0.05, 0) is 52.1 Å². The van der Waals surface area contributed by atoms with E-state index in [0.717, 1.165) is 32.2 Å². The standard InChI is InChI=1S/C24H47N2O3/c1-3-4-5-6-7-8-9-10-11-12-13-14-15-16-17-19-24(28)26(29)21-18-20-25(2)22-23-27/h10-11,27H,3-9,12-23H2,1-2H3/q-1/b11-10+. The Morgan fingerprint density at radius 3 is 1.93 bits per heavy atom. The summed E-state index contributed by atoms with van der Waals surface area (Å²) in [6, 6.07) is 0. The molecule has 0 bridgehead atoms. The largest absolute Gasteiger partial charge is 0.756 e. The summed E-state index contributed by atoms with van der Waals surface area (Å²) in [6.07, 6.45) is 21.6. The molecule has 0 fully saturated rings. The van der Waals surface area contributed by atoms with E-state index in [1.165, 1.54) is 57.8 Å². The number of hydrogen-bond acceptors (Lipinski definition) is 4. The molecule has 0 aromatic rings. The van der Waals surface area contributed by atoms with Crippen LogP contribution >= 0.6 is 0 Å². The van der Waals surface area contributed by atoms with Gasteiger partial charge in [0.05, 0.1) is 6.61 Å². The lowest BCUT2D eigenvalue weighted by Gasteiger charge is -2.29. The monoisotopic (exact) mass is 411 g/mol. The van der Waals surface area contributed by atoms with Gasteiger partial charge in [0.15, 0.2) is 0 Å². The van der Waals surface area contributed by atoms with Gasteiger partial charge in [0.25, 0.3) is 0 Å². The van der Waals surface area contributed by atoms with Crippen molar-refractivity contribution in [3.63, 3.8) is 0 Å². The molecule has 0 aromatic carbocycles. The fourth-order valence-corrected chi connectivity index (χ4v) is 3.36. The number of nitrogens with zero attached hydrogens (tertiary/aromatic N) is 2. The highest BCUT2D eigenvalue weighted by atomic mass is 16.5. The lowest BCUT2D eigenvalue weighted by Crippen LogP contribution is -2.30. The van der Waals surface area contributed by atoms with Crippen molar-refractivity contribution in [3.05, 3.63) is 17.4 Å². The highest BCUT2D eigenvalue weighted by Gasteiger charge is 2.04. The fourth-order valence-electron chi connectivity index (χ4n) is 3.36. The first kappa shape index (κ1) is 28.1. The normalized spacial score (nSPS) is 11.6. The third-order valence-corrected chi connectivity index (χ3v) is 5.31. The van der Waals surface area contributed by atoms with Crippen LogP contribution in [0.1, 0.15) is 103 Å². The average molecular weight is 412 g/mol. The molecule has 0 aliphatic heterocycles. The predicted octanol–water partition coefficient (Wildman–Crippen LogP) is 5.66. The van der Waals surface area contributed by atoms with Crippen LogP contribution in [0.15, 0.2) is 12.2 Å². The summed E-state index contributed by atoms with van der Waals surface area (Å²) in [4.78, 5) is 13.8. The highest BCUT2D eigenvalue weighted by molar-refractivity contribution is 5.76. The van der Waals surface area contributed by atoms with E-state index in [4.69, 9.17) is 5.11 Å². The SMILES string of the molecule is CCCCCCCC/C=C/CCCCCCCC(=O)N([O-])CCCN(C)CCO. The molecule has 0 saturated carbocycles. The molecule has 0 saturated heterocycles. The number of hydroxylamine groups is 2. The van der Waals surface area contributed by atoms with Crippen LogP contribution in [-0.4, -0.2) is 54.3 Å². The Morgan fingerprint density at radius 1 is 0.793 bits per heavy atom. The third kappa shape index (κ3) is 20.2. The van der Waals surface area contributed by atoms with Crippen LogP contribution in [0.4, 0.5) is 0 Å². The Kier molecular flexibility index (Phi) is 21.1. The second-order valence-electron chi connectivity index (χ2n) is 8.21. The summed E-state index contributed by atoms with van der Waals surface area (Å²) in [7, 11) is 1.90. The molecule has 0 unspecified atom stereocenters. The molecular formula is C24H47N2O3-. The van der Waals surface area contributed by atoms with Gasteiger partial charge in [0, 0.05) is 19.5 Å². The summed E-state index contributed by atoms with van der Waals surface area (Å²) in [6.45, 7) is 3.94. The Labute approximate surface area is 180 Å². The molecule has 29 heavy (non-hydrogen) atoms. The van der Waals surface area contributed by atoms with Crippen molar-refractivity contribution < 1.29 is 9.90 Å². The molecule has 0 aromatic heterocycles. The van der Waals surface area contributed by atoms with Gasteiger partial charge in [-0.25, -0.2) is 0 Å². The Bertz CT molecular complexity index is 388. The van der Waals surface area contributed by atoms with Gasteiger partial charge in [0.2, 0.25) is 5.91 Å². The summed E-state index contributed by atoms with van der Waals surface area (Å²) in [5.41, 5.74) is 0. The summed E-state index contributed by atoms with van der Waals surface area (Å²) < 4.78 is 0. The predicted molar refractivity (Wildman–Crippen MR) is 124 cm³/mol. The molecule has 0 aliphatic rings. The van der Waals surface area contributed by atoms with Gasteiger partial charge in [-0.1, -0.05) is 70.4 Å². The molecule has 1 amide bonds. The molecule has 5 nitrogen and oxygen atoms in total. The lowest BCUT2D eigenvalue weighted by molar-refractivity contribution is -0.128. The highest BCUT2D eigenvalue weighted by Crippen LogP contribution is 2.10. The van der Waals surface area contributed by atoms with E-state index in [-0.39, 0.29) is 19.1 Å². The number of rotatable bonds is 21. The van der Waals surface area contributed by atoms with Gasteiger partial charge < -0.3 is 20.3 Å². The number of aliphatic hydroxyl groups excluding tert-OH is 1. The van der Waals surface area contributed by atoms with Crippen molar-refractivity contribution in [2.24, 2.45) is 0 Å². The van der Waals surface area contributed by atoms with Crippen LogP contribution in [-0.2, 0) is 4.79 Å². The number of unbranched alkanes of at least 4 members (excludes halogenated alkanes) is 11. The summed E-state index contributed by atoms with van der Waals surface area (Å²) in [5, 5.41) is 21.2. The zero-order valence-corrected chi connectivity index (χ0v) is 19.2. The molecule has 5 heteroatoms. The van der Waals surface area contributed by atoms with E-state index in [0.29, 0.717) is 24.4 Å². The van der Waals surface area contributed by atoms with E-state index < -0.39 is 0 Å². The van der Waals surface area contributed by atoms with Gasteiger partial charge in [-0.2, -0.15) is 0 Å². The molecule has 1 N–H and O–H groups in total. The van der Waals surface area contributed by atoms with Crippen LogP contribution in [0.3, 0.4) is 0 Å². The van der Waals surface area contributed by atoms with E-state index in [9.17, 15) is 10.0 Å². The molecule has 172 valence electrons. The number of carbonyl (C=O) groups is 1. The lowest BCUT2D eigenvalue weighted by atomic mass is 10.1. The number of likely N-dealkylation sites (N-methyl/N-ethyl adjacent to an activating group) is 1. The van der Waals surface area contributed by atoms with E-state index in [2.05, 4.69) is 19.1 Å². The molecule has 0 spiro atoms. The first-order valence-electron chi connectivity index (χ1n) is 12.0. The molecule has 0 atom stereocenters. The molecule has 0 heterocycles. The zero-order chi connectivity index (χ0) is 21.6. The molecule has 0 radical (unpaired) electrons. The van der Waals surface area contributed by atoms with E-state index >= 15 is 0 Å². The minimum atomic E-state index is -0.285. The summed E-state index contributed by atoms with van der Waals surface area (Å²) >= 11 is 0.